The van der Waals surface area contributed by atoms with Crippen molar-refractivity contribution in [2.75, 3.05) is 0 Å². The third-order valence-corrected chi connectivity index (χ3v) is 5.22. The largest absolute Gasteiger partial charge is 0.457 e. The summed E-state index contributed by atoms with van der Waals surface area (Å²) in [5, 5.41) is 13.4. The van der Waals surface area contributed by atoms with Crippen LogP contribution in [-0.4, -0.2) is 5.97 Å². The molecule has 0 spiro atoms. The molecule has 1 atom stereocenters. The number of nitrogens with zero attached hydrogens (tertiary/aromatic N) is 1. The summed E-state index contributed by atoms with van der Waals surface area (Å²) < 4.78 is 5.65. The number of benzene rings is 2. The van der Waals surface area contributed by atoms with E-state index in [1.54, 1.807) is 0 Å². The molecule has 0 saturated carbocycles. The highest BCUT2D eigenvalue weighted by atomic mass is 16.5. The molecule has 0 saturated heterocycles. The lowest BCUT2D eigenvalue weighted by atomic mass is 9.79. The molecular formula is C26H28N2O2. The average molecular weight is 401 g/mol. The Hall–Kier alpha value is -3.32. The molecule has 0 bridgehead atoms. The van der Waals surface area contributed by atoms with Crippen LogP contribution in [0.15, 0.2) is 77.1 Å². The second-order valence-electron chi connectivity index (χ2n) is 8.17. The molecule has 4 nitrogen and oxygen atoms in total. The van der Waals surface area contributed by atoms with Crippen LogP contribution in [0.3, 0.4) is 0 Å². The average Bonchev–Trinajstić information content (AvgIpc) is 2.72. The van der Waals surface area contributed by atoms with E-state index in [0.717, 1.165) is 34.5 Å². The normalized spacial score (nSPS) is 16.3. The van der Waals surface area contributed by atoms with Crippen LogP contribution < -0.4 is 5.32 Å². The van der Waals surface area contributed by atoms with E-state index in [0.29, 0.717) is 17.1 Å². The van der Waals surface area contributed by atoms with Crippen LogP contribution >= 0.6 is 0 Å². The van der Waals surface area contributed by atoms with E-state index in [9.17, 15) is 10.1 Å². The van der Waals surface area contributed by atoms with Gasteiger partial charge in [0, 0.05) is 11.4 Å². The molecule has 0 fully saturated rings. The van der Waals surface area contributed by atoms with E-state index in [2.05, 4.69) is 25.2 Å². The van der Waals surface area contributed by atoms with Crippen molar-refractivity contribution >= 4 is 5.97 Å². The lowest BCUT2D eigenvalue weighted by molar-refractivity contribution is -0.140. The molecule has 0 aromatic heterocycles. The lowest BCUT2D eigenvalue weighted by Crippen LogP contribution is -2.30. The minimum absolute atomic E-state index is 0.196. The SMILES string of the molecule is CC1=C(C(=O)OCc2ccccc2)C(c2ccc(C)cc2)C(C#N)=C(CC(C)C)N1. The molecule has 1 aliphatic heterocycles. The number of nitriles is 1. The molecule has 0 radical (unpaired) electrons. The summed E-state index contributed by atoms with van der Waals surface area (Å²) in [5.74, 6) is -0.450. The molecule has 30 heavy (non-hydrogen) atoms. The first-order valence-corrected chi connectivity index (χ1v) is 10.3. The Labute approximate surface area is 178 Å². The smallest absolute Gasteiger partial charge is 0.337 e. The molecule has 2 aromatic rings. The molecule has 1 unspecified atom stereocenters. The summed E-state index contributed by atoms with van der Waals surface area (Å²) in [6.45, 7) is 8.34. The van der Waals surface area contributed by atoms with Crippen molar-refractivity contribution in [2.45, 2.75) is 46.6 Å². The Kier molecular flexibility index (Phi) is 6.74. The van der Waals surface area contributed by atoms with Gasteiger partial charge in [-0.05, 0) is 37.3 Å². The zero-order valence-electron chi connectivity index (χ0n) is 18.0. The van der Waals surface area contributed by atoms with Crippen LogP contribution in [0.5, 0.6) is 0 Å². The van der Waals surface area contributed by atoms with Gasteiger partial charge in [0.2, 0.25) is 0 Å². The molecule has 1 aliphatic rings. The van der Waals surface area contributed by atoms with Crippen LogP contribution in [-0.2, 0) is 16.1 Å². The van der Waals surface area contributed by atoms with Gasteiger partial charge in [0.15, 0.2) is 0 Å². The van der Waals surface area contributed by atoms with Gasteiger partial charge in [0.1, 0.15) is 6.61 Å². The van der Waals surface area contributed by atoms with E-state index in [1.807, 2.05) is 68.4 Å². The van der Waals surface area contributed by atoms with Gasteiger partial charge in [-0.1, -0.05) is 74.0 Å². The molecule has 4 heteroatoms. The van der Waals surface area contributed by atoms with Gasteiger partial charge in [-0.3, -0.25) is 0 Å². The van der Waals surface area contributed by atoms with Gasteiger partial charge in [-0.25, -0.2) is 4.79 Å². The number of carbonyl (C=O) groups excluding carboxylic acids is 1. The maximum atomic E-state index is 13.2. The first-order chi connectivity index (χ1) is 14.4. The summed E-state index contributed by atoms with van der Waals surface area (Å²) in [5.41, 5.74) is 5.70. The summed E-state index contributed by atoms with van der Waals surface area (Å²) in [6.07, 6.45) is 0.745. The molecule has 154 valence electrons. The van der Waals surface area contributed by atoms with E-state index < -0.39 is 11.9 Å². The maximum Gasteiger partial charge on any atom is 0.337 e. The molecule has 1 N–H and O–H groups in total. The van der Waals surface area contributed by atoms with Crippen LogP contribution in [0.1, 0.15) is 49.8 Å². The van der Waals surface area contributed by atoms with Crippen LogP contribution in [0.2, 0.25) is 0 Å². The predicted molar refractivity (Wildman–Crippen MR) is 118 cm³/mol. The highest BCUT2D eigenvalue weighted by molar-refractivity contribution is 5.93. The number of aryl methyl sites for hydroxylation is 1. The van der Waals surface area contributed by atoms with E-state index in [1.165, 1.54) is 0 Å². The number of esters is 1. The minimum Gasteiger partial charge on any atom is -0.457 e. The van der Waals surface area contributed by atoms with Gasteiger partial charge in [0.25, 0.3) is 0 Å². The van der Waals surface area contributed by atoms with Gasteiger partial charge < -0.3 is 10.1 Å². The second kappa shape index (κ2) is 9.45. The maximum absolute atomic E-state index is 13.2. The van der Waals surface area contributed by atoms with Gasteiger partial charge in [-0.2, -0.15) is 5.26 Å². The van der Waals surface area contributed by atoms with E-state index >= 15 is 0 Å². The van der Waals surface area contributed by atoms with Crippen molar-refractivity contribution in [2.24, 2.45) is 5.92 Å². The number of ether oxygens (including phenoxy) is 1. The topological polar surface area (TPSA) is 62.1 Å². The lowest BCUT2D eigenvalue weighted by Gasteiger charge is -2.30. The highest BCUT2D eigenvalue weighted by Gasteiger charge is 2.35. The summed E-state index contributed by atoms with van der Waals surface area (Å²) in [7, 11) is 0. The molecule has 0 aliphatic carbocycles. The Morgan fingerprint density at radius 3 is 2.37 bits per heavy atom. The molecule has 1 heterocycles. The Morgan fingerprint density at radius 2 is 1.77 bits per heavy atom. The number of dihydropyridines is 1. The molecule has 3 rings (SSSR count). The standard InChI is InChI=1S/C26H28N2O2/c1-17(2)14-23-22(15-27)25(21-12-10-18(3)11-13-21)24(19(4)28-23)26(29)30-16-20-8-6-5-7-9-20/h5-13,17,25,28H,14,16H2,1-4H3. The fraction of sp³-hybridized carbons (Fsp3) is 0.308. The Balaban J connectivity index is 1.99. The third kappa shape index (κ3) is 4.80. The van der Waals surface area contributed by atoms with Crippen molar-refractivity contribution in [3.8, 4) is 6.07 Å². The summed E-state index contributed by atoms with van der Waals surface area (Å²) >= 11 is 0. The predicted octanol–water partition coefficient (Wildman–Crippen LogP) is 5.52. The van der Waals surface area contributed by atoms with Crippen molar-refractivity contribution in [1.82, 2.24) is 5.32 Å². The number of carbonyl (C=O) groups is 1. The van der Waals surface area contributed by atoms with Crippen molar-refractivity contribution in [3.63, 3.8) is 0 Å². The number of allylic oxidation sites excluding steroid dienone is 3. The van der Waals surface area contributed by atoms with Gasteiger partial charge in [-0.15, -0.1) is 0 Å². The minimum atomic E-state index is -0.436. The van der Waals surface area contributed by atoms with Gasteiger partial charge >= 0.3 is 5.97 Å². The van der Waals surface area contributed by atoms with Crippen LogP contribution in [0.25, 0.3) is 0 Å². The monoisotopic (exact) mass is 400 g/mol. The Bertz CT molecular complexity index is 1010. The van der Waals surface area contributed by atoms with Crippen molar-refractivity contribution in [1.29, 1.82) is 5.26 Å². The summed E-state index contributed by atoms with van der Waals surface area (Å²) in [6, 6.07) is 20.0. The molecule has 2 aromatic carbocycles. The third-order valence-electron chi connectivity index (χ3n) is 5.22. The number of hydrogen-bond donors (Lipinski definition) is 1. The second-order valence-corrected chi connectivity index (χ2v) is 8.17. The molecule has 0 amide bonds. The highest BCUT2D eigenvalue weighted by Crippen LogP contribution is 2.39. The zero-order valence-corrected chi connectivity index (χ0v) is 18.0. The van der Waals surface area contributed by atoms with Crippen LogP contribution in [0.4, 0.5) is 0 Å². The first kappa shape index (κ1) is 21.4. The quantitative estimate of drug-likeness (QED) is 0.648. The van der Waals surface area contributed by atoms with Gasteiger partial charge in [0.05, 0.1) is 23.1 Å². The fourth-order valence-electron chi connectivity index (χ4n) is 3.76. The fourth-order valence-corrected chi connectivity index (χ4v) is 3.76. The van der Waals surface area contributed by atoms with E-state index in [-0.39, 0.29) is 6.61 Å². The van der Waals surface area contributed by atoms with Crippen LogP contribution in [0, 0.1) is 24.2 Å². The zero-order chi connectivity index (χ0) is 21.7. The Morgan fingerprint density at radius 1 is 1.10 bits per heavy atom. The van der Waals surface area contributed by atoms with Crippen molar-refractivity contribution < 1.29 is 9.53 Å². The number of hydrogen-bond acceptors (Lipinski definition) is 4. The first-order valence-electron chi connectivity index (χ1n) is 10.3. The van der Waals surface area contributed by atoms with E-state index in [4.69, 9.17) is 4.74 Å². The van der Waals surface area contributed by atoms with Crippen molar-refractivity contribution in [3.05, 3.63) is 93.8 Å². The molecular weight excluding hydrogens is 372 g/mol. The summed E-state index contributed by atoms with van der Waals surface area (Å²) in [4.78, 5) is 13.2. The number of nitrogens with one attached hydrogen (secondary N) is 1. The number of rotatable bonds is 6.